The van der Waals surface area contributed by atoms with Gasteiger partial charge in [-0.3, -0.25) is 9.59 Å². The molecule has 100 valence electrons. The monoisotopic (exact) mass is 269 g/mol. The van der Waals surface area contributed by atoms with Gasteiger partial charge in [-0.2, -0.15) is 0 Å². The second kappa shape index (κ2) is 6.51. The number of hydrogen-bond acceptors (Lipinski definition) is 4. The van der Waals surface area contributed by atoms with E-state index in [1.165, 1.54) is 11.3 Å². The average molecular weight is 269 g/mol. The van der Waals surface area contributed by atoms with Crippen molar-refractivity contribution in [2.75, 3.05) is 11.9 Å². The van der Waals surface area contributed by atoms with Gasteiger partial charge in [-0.05, 0) is 23.8 Å². The number of nitrogens with two attached hydrogens (primary N) is 2. The van der Waals surface area contributed by atoms with E-state index >= 15 is 0 Å². The summed E-state index contributed by atoms with van der Waals surface area (Å²) in [5, 5.41) is 4.94. The van der Waals surface area contributed by atoms with Gasteiger partial charge in [0.15, 0.2) is 0 Å². The lowest BCUT2D eigenvalue weighted by molar-refractivity contribution is -0.120. The maximum absolute atomic E-state index is 12.0. The predicted octanol–water partition coefficient (Wildman–Crippen LogP) is 1.41. The van der Waals surface area contributed by atoms with E-state index in [2.05, 4.69) is 5.32 Å². The van der Waals surface area contributed by atoms with Crippen LogP contribution in [-0.2, 0) is 4.79 Å². The molecule has 0 fully saturated rings. The Labute approximate surface area is 111 Å². The van der Waals surface area contributed by atoms with Crippen LogP contribution in [0.3, 0.4) is 0 Å². The number of hydrogen-bond donors (Lipinski definition) is 3. The van der Waals surface area contributed by atoms with Crippen LogP contribution < -0.4 is 16.8 Å². The van der Waals surface area contributed by atoms with E-state index in [0.29, 0.717) is 23.0 Å². The summed E-state index contributed by atoms with van der Waals surface area (Å²) in [5.74, 6) is -0.549. The molecule has 0 saturated carbocycles. The molecule has 1 heterocycles. The molecule has 0 aliphatic carbocycles. The molecule has 1 aromatic rings. The molecule has 6 heteroatoms. The Morgan fingerprint density at radius 2 is 2.11 bits per heavy atom. The smallest absolute Gasteiger partial charge is 0.251 e. The number of rotatable bonds is 6. The summed E-state index contributed by atoms with van der Waals surface area (Å²) in [7, 11) is 0. The number of amides is 2. The van der Waals surface area contributed by atoms with Crippen molar-refractivity contribution >= 4 is 28.2 Å². The average Bonchev–Trinajstić information content (AvgIpc) is 2.73. The van der Waals surface area contributed by atoms with Gasteiger partial charge in [0.05, 0.1) is 11.5 Å². The molecular weight excluding hydrogens is 250 g/mol. The van der Waals surface area contributed by atoms with Gasteiger partial charge < -0.3 is 16.8 Å². The highest BCUT2D eigenvalue weighted by Crippen LogP contribution is 2.24. The first-order chi connectivity index (χ1) is 8.45. The standard InChI is InChI=1S/C12H19N3O2S/c1-7(2)5-8(6-13)11(17)15-12-9(10(14)16)3-4-18-12/h3-4,7-8H,5-6,13H2,1-2H3,(H2,14,16)(H,15,17). The van der Waals surface area contributed by atoms with Crippen molar-refractivity contribution < 1.29 is 9.59 Å². The molecule has 0 saturated heterocycles. The Morgan fingerprint density at radius 3 is 2.61 bits per heavy atom. The van der Waals surface area contributed by atoms with E-state index in [1.54, 1.807) is 11.4 Å². The summed E-state index contributed by atoms with van der Waals surface area (Å²) < 4.78 is 0. The summed E-state index contributed by atoms with van der Waals surface area (Å²) in [4.78, 5) is 23.1. The maximum Gasteiger partial charge on any atom is 0.251 e. The highest BCUT2D eigenvalue weighted by molar-refractivity contribution is 7.14. The van der Waals surface area contributed by atoms with E-state index in [9.17, 15) is 9.59 Å². The van der Waals surface area contributed by atoms with Gasteiger partial charge in [0.25, 0.3) is 5.91 Å². The van der Waals surface area contributed by atoms with Crippen LogP contribution in [0.1, 0.15) is 30.6 Å². The molecule has 5 nitrogen and oxygen atoms in total. The van der Waals surface area contributed by atoms with E-state index in [-0.39, 0.29) is 11.8 Å². The van der Waals surface area contributed by atoms with Crippen LogP contribution >= 0.6 is 11.3 Å². The first-order valence-corrected chi connectivity index (χ1v) is 6.71. The molecule has 0 radical (unpaired) electrons. The van der Waals surface area contributed by atoms with Crippen molar-refractivity contribution in [3.05, 3.63) is 17.0 Å². The largest absolute Gasteiger partial charge is 0.366 e. The van der Waals surface area contributed by atoms with Gasteiger partial charge in [0, 0.05) is 6.54 Å². The molecule has 0 aliphatic heterocycles. The molecular formula is C12H19N3O2S. The molecule has 1 atom stereocenters. The van der Waals surface area contributed by atoms with Crippen molar-refractivity contribution in [2.24, 2.45) is 23.3 Å². The summed E-state index contributed by atoms with van der Waals surface area (Å²) in [5.41, 5.74) is 11.2. The van der Waals surface area contributed by atoms with Crippen molar-refractivity contribution in [1.29, 1.82) is 0 Å². The van der Waals surface area contributed by atoms with Crippen molar-refractivity contribution in [1.82, 2.24) is 0 Å². The zero-order valence-electron chi connectivity index (χ0n) is 10.6. The van der Waals surface area contributed by atoms with Crippen LogP contribution in [0.4, 0.5) is 5.00 Å². The van der Waals surface area contributed by atoms with Gasteiger partial charge >= 0.3 is 0 Å². The number of carbonyl (C=O) groups is 2. The topological polar surface area (TPSA) is 98.2 Å². The first-order valence-electron chi connectivity index (χ1n) is 5.84. The van der Waals surface area contributed by atoms with E-state index in [1.807, 2.05) is 13.8 Å². The Hall–Kier alpha value is -1.40. The third kappa shape index (κ3) is 3.82. The molecule has 5 N–H and O–H groups in total. The summed E-state index contributed by atoms with van der Waals surface area (Å²) in [6, 6.07) is 1.60. The van der Waals surface area contributed by atoms with Gasteiger partial charge in [-0.1, -0.05) is 13.8 Å². The van der Waals surface area contributed by atoms with Crippen LogP contribution in [-0.4, -0.2) is 18.4 Å². The van der Waals surface area contributed by atoms with E-state index in [0.717, 1.165) is 6.42 Å². The Morgan fingerprint density at radius 1 is 1.44 bits per heavy atom. The molecule has 0 aromatic carbocycles. The van der Waals surface area contributed by atoms with Crippen molar-refractivity contribution in [3.8, 4) is 0 Å². The van der Waals surface area contributed by atoms with Crippen LogP contribution in [0.5, 0.6) is 0 Å². The zero-order valence-corrected chi connectivity index (χ0v) is 11.4. The highest BCUT2D eigenvalue weighted by atomic mass is 32.1. The summed E-state index contributed by atoms with van der Waals surface area (Å²) in [6.07, 6.45) is 0.722. The SMILES string of the molecule is CC(C)CC(CN)C(=O)Nc1sccc1C(N)=O. The normalized spacial score (nSPS) is 12.4. The molecule has 2 amide bonds. The second-order valence-electron chi connectivity index (χ2n) is 4.58. The third-order valence-corrected chi connectivity index (χ3v) is 3.41. The minimum Gasteiger partial charge on any atom is -0.366 e. The molecule has 18 heavy (non-hydrogen) atoms. The van der Waals surface area contributed by atoms with E-state index < -0.39 is 5.91 Å². The number of thiophene rings is 1. The van der Waals surface area contributed by atoms with Crippen LogP contribution in [0.25, 0.3) is 0 Å². The van der Waals surface area contributed by atoms with Gasteiger partial charge in [0.2, 0.25) is 5.91 Å². The number of primary amides is 1. The molecule has 0 bridgehead atoms. The van der Waals surface area contributed by atoms with Crippen LogP contribution in [0.15, 0.2) is 11.4 Å². The fourth-order valence-electron chi connectivity index (χ4n) is 1.69. The molecule has 1 rings (SSSR count). The number of anilines is 1. The Bertz CT molecular complexity index is 429. The Kier molecular flexibility index (Phi) is 5.30. The molecule has 0 spiro atoms. The molecule has 1 aromatic heterocycles. The fourth-order valence-corrected chi connectivity index (χ4v) is 2.49. The van der Waals surface area contributed by atoms with Gasteiger partial charge in [-0.25, -0.2) is 0 Å². The highest BCUT2D eigenvalue weighted by Gasteiger charge is 2.20. The minimum atomic E-state index is -0.542. The lowest BCUT2D eigenvalue weighted by Crippen LogP contribution is -2.30. The molecule has 0 aliphatic rings. The summed E-state index contributed by atoms with van der Waals surface area (Å²) >= 11 is 1.28. The fraction of sp³-hybridized carbons (Fsp3) is 0.500. The van der Waals surface area contributed by atoms with Crippen LogP contribution in [0.2, 0.25) is 0 Å². The quantitative estimate of drug-likeness (QED) is 0.728. The maximum atomic E-state index is 12.0. The van der Waals surface area contributed by atoms with E-state index in [4.69, 9.17) is 11.5 Å². The first kappa shape index (κ1) is 14.7. The lowest BCUT2D eigenvalue weighted by atomic mass is 9.96. The van der Waals surface area contributed by atoms with Gasteiger partial charge in [-0.15, -0.1) is 11.3 Å². The Balaban J connectivity index is 2.73. The van der Waals surface area contributed by atoms with Gasteiger partial charge in [0.1, 0.15) is 5.00 Å². The zero-order chi connectivity index (χ0) is 13.7. The molecule has 1 unspecified atom stereocenters. The number of carbonyl (C=O) groups excluding carboxylic acids is 2. The summed E-state index contributed by atoms with van der Waals surface area (Å²) in [6.45, 7) is 4.37. The third-order valence-electron chi connectivity index (χ3n) is 2.58. The predicted molar refractivity (Wildman–Crippen MR) is 73.5 cm³/mol. The van der Waals surface area contributed by atoms with Crippen LogP contribution in [0, 0.1) is 11.8 Å². The lowest BCUT2D eigenvalue weighted by Gasteiger charge is -2.16. The number of nitrogens with one attached hydrogen (secondary N) is 1. The van der Waals surface area contributed by atoms with Crippen molar-refractivity contribution in [2.45, 2.75) is 20.3 Å². The minimum absolute atomic E-state index is 0.156. The van der Waals surface area contributed by atoms with Crippen molar-refractivity contribution in [3.63, 3.8) is 0 Å². The second-order valence-corrected chi connectivity index (χ2v) is 5.50.